The lowest BCUT2D eigenvalue weighted by Crippen LogP contribution is -2.48. The average molecular weight is 142 g/mol. The van der Waals surface area contributed by atoms with Gasteiger partial charge in [0.25, 0.3) is 0 Å². The summed E-state index contributed by atoms with van der Waals surface area (Å²) in [6.45, 7) is 2.73. The van der Waals surface area contributed by atoms with Crippen molar-refractivity contribution in [2.24, 2.45) is 11.7 Å². The summed E-state index contributed by atoms with van der Waals surface area (Å²) >= 11 is 0. The quantitative estimate of drug-likeness (QED) is 0.509. The van der Waals surface area contributed by atoms with Crippen molar-refractivity contribution in [3.63, 3.8) is 0 Å². The van der Waals surface area contributed by atoms with E-state index < -0.39 is 0 Å². The van der Waals surface area contributed by atoms with E-state index in [1.54, 1.807) is 11.9 Å². The van der Waals surface area contributed by atoms with Crippen LogP contribution in [0, 0.1) is 5.92 Å². The second-order valence-corrected chi connectivity index (χ2v) is 3.12. The van der Waals surface area contributed by atoms with Gasteiger partial charge in [-0.1, -0.05) is 6.92 Å². The first-order valence-corrected chi connectivity index (χ1v) is 3.61. The molecule has 2 N–H and O–H groups in total. The van der Waals surface area contributed by atoms with Crippen LogP contribution in [0.25, 0.3) is 0 Å². The van der Waals surface area contributed by atoms with Crippen LogP contribution in [0.2, 0.25) is 0 Å². The van der Waals surface area contributed by atoms with E-state index in [4.69, 9.17) is 5.73 Å². The molecule has 1 heterocycles. The van der Waals surface area contributed by atoms with E-state index in [0.29, 0.717) is 18.9 Å². The molecule has 0 bridgehead atoms. The summed E-state index contributed by atoms with van der Waals surface area (Å²) in [5.41, 5.74) is 5.74. The van der Waals surface area contributed by atoms with E-state index in [-0.39, 0.29) is 11.9 Å². The number of hydrogen-bond donors (Lipinski definition) is 1. The Balaban J connectivity index is 2.54. The zero-order valence-corrected chi connectivity index (χ0v) is 6.50. The van der Waals surface area contributed by atoms with Crippen molar-refractivity contribution < 1.29 is 4.79 Å². The van der Waals surface area contributed by atoms with Gasteiger partial charge in [0.2, 0.25) is 5.91 Å². The van der Waals surface area contributed by atoms with Crippen LogP contribution in [-0.4, -0.2) is 30.4 Å². The molecule has 0 radical (unpaired) electrons. The number of nitrogens with zero attached hydrogens (tertiary/aromatic N) is 1. The SMILES string of the molecule is CC1CC(=O)N(C)CC1N. The standard InChI is InChI=1S/C7H14N2O/c1-5-3-7(10)9(2)4-6(5)8/h5-6H,3-4,8H2,1-2H3. The number of likely N-dealkylation sites (N-methyl/N-ethyl adjacent to an activating group) is 1. The molecule has 10 heavy (non-hydrogen) atoms. The normalized spacial score (nSPS) is 34.7. The Morgan fingerprint density at radius 1 is 1.70 bits per heavy atom. The Morgan fingerprint density at radius 3 is 2.80 bits per heavy atom. The second kappa shape index (κ2) is 2.58. The Kier molecular flexibility index (Phi) is 1.94. The lowest BCUT2D eigenvalue weighted by Gasteiger charge is -2.31. The minimum atomic E-state index is 0.169. The van der Waals surface area contributed by atoms with E-state index in [9.17, 15) is 4.79 Å². The van der Waals surface area contributed by atoms with Gasteiger partial charge in [0.05, 0.1) is 0 Å². The third-order valence-electron chi connectivity index (χ3n) is 2.14. The molecule has 1 aliphatic heterocycles. The molecule has 1 aliphatic rings. The highest BCUT2D eigenvalue weighted by molar-refractivity contribution is 5.77. The van der Waals surface area contributed by atoms with Crippen LogP contribution in [0.4, 0.5) is 0 Å². The summed E-state index contributed by atoms with van der Waals surface area (Å²) in [6, 6.07) is 0.169. The van der Waals surface area contributed by atoms with Gasteiger partial charge in [0.15, 0.2) is 0 Å². The number of amides is 1. The molecule has 3 nitrogen and oxygen atoms in total. The van der Waals surface area contributed by atoms with Crippen LogP contribution >= 0.6 is 0 Å². The summed E-state index contributed by atoms with van der Waals surface area (Å²) in [5, 5.41) is 0. The second-order valence-electron chi connectivity index (χ2n) is 3.12. The Morgan fingerprint density at radius 2 is 2.30 bits per heavy atom. The summed E-state index contributed by atoms with van der Waals surface area (Å²) in [7, 11) is 1.80. The van der Waals surface area contributed by atoms with Crippen molar-refractivity contribution in [3.05, 3.63) is 0 Å². The fourth-order valence-electron chi connectivity index (χ4n) is 1.18. The van der Waals surface area contributed by atoms with Crippen LogP contribution < -0.4 is 5.73 Å². The van der Waals surface area contributed by atoms with Gasteiger partial charge in [0.1, 0.15) is 0 Å². The Bertz CT molecular complexity index is 147. The fraction of sp³-hybridized carbons (Fsp3) is 0.857. The highest BCUT2D eigenvalue weighted by Gasteiger charge is 2.26. The van der Waals surface area contributed by atoms with Gasteiger partial charge in [-0.2, -0.15) is 0 Å². The molecule has 0 aromatic heterocycles. The van der Waals surface area contributed by atoms with Crippen LogP contribution in [0.15, 0.2) is 0 Å². The highest BCUT2D eigenvalue weighted by atomic mass is 16.2. The number of carbonyl (C=O) groups excluding carboxylic acids is 1. The van der Waals surface area contributed by atoms with Gasteiger partial charge in [0, 0.05) is 26.1 Å². The van der Waals surface area contributed by atoms with Crippen molar-refractivity contribution in [1.29, 1.82) is 0 Å². The van der Waals surface area contributed by atoms with Crippen LogP contribution in [-0.2, 0) is 4.79 Å². The van der Waals surface area contributed by atoms with Gasteiger partial charge >= 0.3 is 0 Å². The molecule has 2 unspecified atom stereocenters. The minimum Gasteiger partial charge on any atom is -0.344 e. The maximum atomic E-state index is 11.0. The van der Waals surface area contributed by atoms with Crippen LogP contribution in [0.5, 0.6) is 0 Å². The number of likely N-dealkylation sites (tertiary alicyclic amines) is 1. The number of hydrogen-bond acceptors (Lipinski definition) is 2. The third-order valence-corrected chi connectivity index (χ3v) is 2.14. The minimum absolute atomic E-state index is 0.169. The molecule has 0 saturated carbocycles. The zero-order chi connectivity index (χ0) is 7.72. The molecule has 2 atom stereocenters. The van der Waals surface area contributed by atoms with E-state index >= 15 is 0 Å². The summed E-state index contributed by atoms with van der Waals surface area (Å²) in [5.74, 6) is 0.568. The number of nitrogens with two attached hydrogens (primary N) is 1. The van der Waals surface area contributed by atoms with Gasteiger partial charge < -0.3 is 10.6 Å². The fourth-order valence-corrected chi connectivity index (χ4v) is 1.18. The first-order valence-electron chi connectivity index (χ1n) is 3.61. The van der Waals surface area contributed by atoms with Gasteiger partial charge in [-0.25, -0.2) is 0 Å². The lowest BCUT2D eigenvalue weighted by molar-refractivity contribution is -0.133. The van der Waals surface area contributed by atoms with E-state index in [0.717, 1.165) is 0 Å². The number of piperidine rings is 1. The smallest absolute Gasteiger partial charge is 0.222 e. The van der Waals surface area contributed by atoms with Crippen LogP contribution in [0.1, 0.15) is 13.3 Å². The van der Waals surface area contributed by atoms with Crippen molar-refractivity contribution in [2.75, 3.05) is 13.6 Å². The zero-order valence-electron chi connectivity index (χ0n) is 6.50. The molecule has 0 aliphatic carbocycles. The molecular weight excluding hydrogens is 128 g/mol. The predicted octanol–water partition coefficient (Wildman–Crippen LogP) is -0.188. The van der Waals surface area contributed by atoms with Gasteiger partial charge in [-0.15, -0.1) is 0 Å². The molecule has 1 saturated heterocycles. The number of rotatable bonds is 0. The molecule has 1 rings (SSSR count). The first kappa shape index (κ1) is 7.54. The maximum Gasteiger partial charge on any atom is 0.222 e. The average Bonchev–Trinajstić information content (AvgIpc) is 1.84. The van der Waals surface area contributed by atoms with Crippen molar-refractivity contribution >= 4 is 5.91 Å². The highest BCUT2D eigenvalue weighted by Crippen LogP contribution is 2.14. The maximum absolute atomic E-state index is 11.0. The van der Waals surface area contributed by atoms with E-state index in [2.05, 4.69) is 0 Å². The molecule has 0 aromatic rings. The monoisotopic (exact) mass is 142 g/mol. The summed E-state index contributed by atoms with van der Waals surface area (Å²) in [4.78, 5) is 12.7. The third kappa shape index (κ3) is 1.29. The Hall–Kier alpha value is -0.570. The van der Waals surface area contributed by atoms with Crippen LogP contribution in [0.3, 0.4) is 0 Å². The van der Waals surface area contributed by atoms with Crippen molar-refractivity contribution in [3.8, 4) is 0 Å². The predicted molar refractivity (Wildman–Crippen MR) is 39.4 cm³/mol. The topological polar surface area (TPSA) is 46.3 Å². The molecule has 1 fully saturated rings. The first-order chi connectivity index (χ1) is 4.61. The Labute approximate surface area is 61.2 Å². The molecule has 0 aromatic carbocycles. The number of carbonyl (C=O) groups is 1. The summed E-state index contributed by atoms with van der Waals surface area (Å²) < 4.78 is 0. The van der Waals surface area contributed by atoms with Gasteiger partial charge in [-0.3, -0.25) is 4.79 Å². The molecular formula is C7H14N2O. The molecule has 3 heteroatoms. The van der Waals surface area contributed by atoms with Crippen molar-refractivity contribution in [1.82, 2.24) is 4.90 Å². The molecule has 58 valence electrons. The lowest BCUT2D eigenvalue weighted by atomic mass is 9.94. The largest absolute Gasteiger partial charge is 0.344 e. The summed E-state index contributed by atoms with van der Waals surface area (Å²) in [6.07, 6.45) is 0.609. The molecule has 0 spiro atoms. The van der Waals surface area contributed by atoms with E-state index in [1.807, 2.05) is 6.92 Å². The van der Waals surface area contributed by atoms with E-state index in [1.165, 1.54) is 0 Å². The molecule has 1 amide bonds. The van der Waals surface area contributed by atoms with Crippen molar-refractivity contribution in [2.45, 2.75) is 19.4 Å². The van der Waals surface area contributed by atoms with Gasteiger partial charge in [-0.05, 0) is 5.92 Å².